The first-order valence-electron chi connectivity index (χ1n) is 9.52. The lowest BCUT2D eigenvalue weighted by molar-refractivity contribution is 0.0470. The molecule has 0 aliphatic carbocycles. The molecule has 156 valence electrons. The van der Waals surface area contributed by atoms with Gasteiger partial charge in [0.2, 0.25) is 5.78 Å². The van der Waals surface area contributed by atoms with E-state index >= 15 is 0 Å². The molecule has 0 atom stereocenters. The van der Waals surface area contributed by atoms with Gasteiger partial charge in [0, 0.05) is 28.7 Å². The third-order valence-electron chi connectivity index (χ3n) is 4.93. The van der Waals surface area contributed by atoms with Gasteiger partial charge in [-0.2, -0.15) is 0 Å². The van der Waals surface area contributed by atoms with Crippen LogP contribution in [0.15, 0.2) is 42.5 Å². The zero-order valence-electron chi connectivity index (χ0n) is 17.7. The number of aromatic nitrogens is 1. The van der Waals surface area contributed by atoms with Crippen molar-refractivity contribution in [2.24, 2.45) is 0 Å². The largest absolute Gasteiger partial charge is 0.497 e. The number of Topliss-reactive ketones (excluding diaryl/α,β-unsaturated/α-hetero) is 1. The number of hydrogen-bond donors (Lipinski definition) is 0. The highest BCUT2D eigenvalue weighted by Crippen LogP contribution is 2.23. The third kappa shape index (κ3) is 4.27. The fourth-order valence-corrected chi connectivity index (χ4v) is 3.60. The van der Waals surface area contributed by atoms with Crippen LogP contribution in [0, 0.1) is 33.5 Å². The number of aryl methyl sites for hydroxylation is 3. The quantitative estimate of drug-likeness (QED) is 0.429. The summed E-state index contributed by atoms with van der Waals surface area (Å²) in [5, 5.41) is 0. The standard InChI is InChI=1S/C24H24FNO4/c1-14-8-15(2)10-18(9-14)26-16(3)11-21(17(26)4)23(27)13-30-24(28)20-7-6-19(29-5)12-22(20)25/h6-12H,13H2,1-5H3. The minimum absolute atomic E-state index is 0.246. The smallest absolute Gasteiger partial charge is 0.341 e. The van der Waals surface area contributed by atoms with E-state index in [1.165, 1.54) is 19.2 Å². The van der Waals surface area contributed by atoms with Crippen molar-refractivity contribution in [1.29, 1.82) is 0 Å². The Morgan fingerprint density at radius 3 is 2.20 bits per heavy atom. The second-order valence-electron chi connectivity index (χ2n) is 7.31. The molecule has 1 aromatic heterocycles. The molecular weight excluding hydrogens is 385 g/mol. The Bertz CT molecular complexity index is 1110. The van der Waals surface area contributed by atoms with Gasteiger partial charge in [0.15, 0.2) is 6.61 Å². The SMILES string of the molecule is COc1ccc(C(=O)OCC(=O)c2cc(C)n(-c3cc(C)cc(C)c3)c2C)c(F)c1. The molecule has 6 heteroatoms. The van der Waals surface area contributed by atoms with Gasteiger partial charge in [-0.05, 0) is 69.2 Å². The predicted molar refractivity (Wildman–Crippen MR) is 112 cm³/mol. The maximum atomic E-state index is 14.0. The van der Waals surface area contributed by atoms with E-state index in [0.717, 1.165) is 34.3 Å². The lowest BCUT2D eigenvalue weighted by Gasteiger charge is -2.12. The van der Waals surface area contributed by atoms with Gasteiger partial charge in [-0.25, -0.2) is 9.18 Å². The number of methoxy groups -OCH3 is 1. The minimum atomic E-state index is -0.897. The summed E-state index contributed by atoms with van der Waals surface area (Å²) in [5.41, 5.74) is 5.10. The summed E-state index contributed by atoms with van der Waals surface area (Å²) in [6, 6.07) is 11.8. The number of carbonyl (C=O) groups excluding carboxylic acids is 2. The summed E-state index contributed by atoms with van der Waals surface area (Å²) in [6.07, 6.45) is 0. The van der Waals surface area contributed by atoms with E-state index in [1.807, 2.05) is 44.4 Å². The number of esters is 1. The maximum absolute atomic E-state index is 14.0. The van der Waals surface area contributed by atoms with E-state index in [0.29, 0.717) is 11.3 Å². The molecule has 0 radical (unpaired) electrons. The van der Waals surface area contributed by atoms with Crippen molar-refractivity contribution in [3.8, 4) is 11.4 Å². The fourth-order valence-electron chi connectivity index (χ4n) is 3.60. The van der Waals surface area contributed by atoms with Crippen molar-refractivity contribution >= 4 is 11.8 Å². The van der Waals surface area contributed by atoms with Gasteiger partial charge in [0.25, 0.3) is 0 Å². The molecule has 0 amide bonds. The Morgan fingerprint density at radius 2 is 1.60 bits per heavy atom. The van der Waals surface area contributed by atoms with Crippen LogP contribution in [0.5, 0.6) is 5.75 Å². The molecule has 3 aromatic rings. The lowest BCUT2D eigenvalue weighted by Crippen LogP contribution is -2.16. The van der Waals surface area contributed by atoms with Crippen LogP contribution >= 0.6 is 0 Å². The highest BCUT2D eigenvalue weighted by molar-refractivity contribution is 6.00. The molecule has 30 heavy (non-hydrogen) atoms. The molecule has 0 saturated heterocycles. The molecule has 5 nitrogen and oxygen atoms in total. The van der Waals surface area contributed by atoms with E-state index in [2.05, 4.69) is 6.07 Å². The second-order valence-corrected chi connectivity index (χ2v) is 7.31. The number of hydrogen-bond acceptors (Lipinski definition) is 4. The number of ether oxygens (including phenoxy) is 2. The molecule has 0 aliphatic rings. The molecule has 2 aromatic carbocycles. The van der Waals surface area contributed by atoms with Crippen LogP contribution in [0.3, 0.4) is 0 Å². The van der Waals surface area contributed by atoms with Crippen LogP contribution in [0.1, 0.15) is 43.2 Å². The van der Waals surface area contributed by atoms with Crippen LogP contribution < -0.4 is 4.74 Å². The van der Waals surface area contributed by atoms with Crippen molar-refractivity contribution in [1.82, 2.24) is 4.57 Å². The maximum Gasteiger partial charge on any atom is 0.341 e. The Labute approximate surface area is 175 Å². The Morgan fingerprint density at radius 1 is 0.933 bits per heavy atom. The summed E-state index contributed by atoms with van der Waals surface area (Å²) >= 11 is 0. The zero-order chi connectivity index (χ0) is 22.0. The second kappa shape index (κ2) is 8.53. The Hall–Kier alpha value is -3.41. The van der Waals surface area contributed by atoms with Gasteiger partial charge in [0.05, 0.1) is 12.7 Å². The molecule has 0 saturated carbocycles. The first kappa shape index (κ1) is 21.3. The molecule has 0 N–H and O–H groups in total. The lowest BCUT2D eigenvalue weighted by atomic mass is 10.1. The molecular formula is C24H24FNO4. The van der Waals surface area contributed by atoms with E-state index < -0.39 is 18.4 Å². The average Bonchev–Trinajstić information content (AvgIpc) is 2.99. The molecule has 0 spiro atoms. The third-order valence-corrected chi connectivity index (χ3v) is 4.93. The summed E-state index contributed by atoms with van der Waals surface area (Å²) in [7, 11) is 1.40. The van der Waals surface area contributed by atoms with E-state index in [-0.39, 0.29) is 11.3 Å². The molecule has 0 fully saturated rings. The average molecular weight is 409 g/mol. The highest BCUT2D eigenvalue weighted by Gasteiger charge is 2.20. The number of nitrogens with zero attached hydrogens (tertiary/aromatic N) is 1. The first-order valence-corrected chi connectivity index (χ1v) is 9.52. The molecule has 0 bridgehead atoms. The number of halogens is 1. The number of ketones is 1. The van der Waals surface area contributed by atoms with Crippen molar-refractivity contribution in [3.05, 3.63) is 81.9 Å². The van der Waals surface area contributed by atoms with E-state index in [1.54, 1.807) is 6.07 Å². The van der Waals surface area contributed by atoms with Gasteiger partial charge in [0.1, 0.15) is 11.6 Å². The normalized spacial score (nSPS) is 10.7. The van der Waals surface area contributed by atoms with Crippen molar-refractivity contribution in [3.63, 3.8) is 0 Å². The first-order chi connectivity index (χ1) is 14.2. The number of benzene rings is 2. The van der Waals surface area contributed by atoms with Crippen molar-refractivity contribution in [2.75, 3.05) is 13.7 Å². The number of carbonyl (C=O) groups is 2. The van der Waals surface area contributed by atoms with Crippen LogP contribution in [-0.4, -0.2) is 30.0 Å². The van der Waals surface area contributed by atoms with Crippen molar-refractivity contribution < 1.29 is 23.5 Å². The van der Waals surface area contributed by atoms with Gasteiger partial charge in [-0.15, -0.1) is 0 Å². The number of rotatable bonds is 6. The highest BCUT2D eigenvalue weighted by atomic mass is 19.1. The van der Waals surface area contributed by atoms with Crippen LogP contribution in [0.4, 0.5) is 4.39 Å². The predicted octanol–water partition coefficient (Wildman–Crippen LogP) is 4.90. The summed E-state index contributed by atoms with van der Waals surface area (Å²) < 4.78 is 26.0. The zero-order valence-corrected chi connectivity index (χ0v) is 17.7. The van der Waals surface area contributed by atoms with Crippen molar-refractivity contribution in [2.45, 2.75) is 27.7 Å². The molecule has 1 heterocycles. The van der Waals surface area contributed by atoms with Crippen LogP contribution in [0.25, 0.3) is 5.69 Å². The van der Waals surface area contributed by atoms with Gasteiger partial charge in [-0.1, -0.05) is 6.07 Å². The van der Waals surface area contributed by atoms with E-state index in [4.69, 9.17) is 9.47 Å². The fraction of sp³-hybridized carbons (Fsp3) is 0.250. The van der Waals surface area contributed by atoms with Gasteiger partial charge in [-0.3, -0.25) is 4.79 Å². The van der Waals surface area contributed by atoms with Crippen LogP contribution in [0.2, 0.25) is 0 Å². The monoisotopic (exact) mass is 409 g/mol. The summed E-state index contributed by atoms with van der Waals surface area (Å²) in [5.74, 6) is -1.72. The summed E-state index contributed by atoms with van der Waals surface area (Å²) in [4.78, 5) is 24.9. The Kier molecular flexibility index (Phi) is 6.06. The van der Waals surface area contributed by atoms with Gasteiger partial charge < -0.3 is 14.0 Å². The topological polar surface area (TPSA) is 57.5 Å². The minimum Gasteiger partial charge on any atom is -0.497 e. The molecule has 3 rings (SSSR count). The molecule has 0 unspecified atom stereocenters. The summed E-state index contributed by atoms with van der Waals surface area (Å²) in [6.45, 7) is 7.34. The van der Waals surface area contributed by atoms with E-state index in [9.17, 15) is 14.0 Å². The Balaban J connectivity index is 1.79. The van der Waals surface area contributed by atoms with Crippen LogP contribution in [-0.2, 0) is 4.74 Å². The van der Waals surface area contributed by atoms with Gasteiger partial charge >= 0.3 is 5.97 Å². The molecule has 0 aliphatic heterocycles.